The van der Waals surface area contributed by atoms with Crippen LogP contribution in [0.25, 0.3) is 0 Å². The average molecular weight is 287 g/mol. The van der Waals surface area contributed by atoms with Gasteiger partial charge < -0.3 is 5.32 Å². The van der Waals surface area contributed by atoms with E-state index in [2.05, 4.69) is 15.3 Å². The number of amides is 1. The minimum Gasteiger partial charge on any atom is -0.344 e. The highest BCUT2D eigenvalue weighted by Gasteiger charge is 2.12. The quantitative estimate of drug-likeness (QED) is 0.878. The van der Waals surface area contributed by atoms with Crippen LogP contribution in [0.5, 0.6) is 0 Å². The number of nitrogens with one attached hydrogen (secondary N) is 1. The first kappa shape index (κ1) is 14.5. The molecule has 20 heavy (non-hydrogen) atoms. The monoisotopic (exact) mass is 287 g/mol. The molecule has 1 heterocycles. The van der Waals surface area contributed by atoms with Crippen LogP contribution in [0.1, 0.15) is 34.7 Å². The molecule has 0 radical (unpaired) electrons. The highest BCUT2D eigenvalue weighted by Crippen LogP contribution is 2.19. The van der Waals surface area contributed by atoms with Gasteiger partial charge in [-0.1, -0.05) is 12.1 Å². The molecule has 0 spiro atoms. The van der Waals surface area contributed by atoms with Gasteiger partial charge in [0.2, 0.25) is 0 Å². The van der Waals surface area contributed by atoms with Crippen molar-refractivity contribution in [1.82, 2.24) is 15.3 Å². The third kappa shape index (κ3) is 3.57. The summed E-state index contributed by atoms with van der Waals surface area (Å²) in [6.07, 6.45) is 5.12. The van der Waals surface area contributed by atoms with Crippen molar-refractivity contribution in [1.29, 1.82) is 0 Å². The van der Waals surface area contributed by atoms with Crippen LogP contribution in [0, 0.1) is 6.92 Å². The Labute approximate surface area is 123 Å². The average Bonchev–Trinajstić information content (AvgIpc) is 2.48. The van der Waals surface area contributed by atoms with Gasteiger partial charge in [0.05, 0.1) is 17.9 Å². The van der Waals surface area contributed by atoms with Crippen LogP contribution in [0.2, 0.25) is 0 Å². The van der Waals surface area contributed by atoms with Gasteiger partial charge in [-0.2, -0.15) is 0 Å². The van der Waals surface area contributed by atoms with Gasteiger partial charge in [0.15, 0.2) is 0 Å². The first-order chi connectivity index (χ1) is 9.60. The number of carbonyl (C=O) groups is 1. The summed E-state index contributed by atoms with van der Waals surface area (Å²) in [6, 6.07) is 8.08. The second-order valence-electron chi connectivity index (χ2n) is 4.51. The van der Waals surface area contributed by atoms with Crippen molar-refractivity contribution in [3.63, 3.8) is 0 Å². The predicted molar refractivity (Wildman–Crippen MR) is 80.9 cm³/mol. The van der Waals surface area contributed by atoms with Gasteiger partial charge in [-0.25, -0.2) is 4.98 Å². The summed E-state index contributed by atoms with van der Waals surface area (Å²) in [4.78, 5) is 21.4. The zero-order valence-electron chi connectivity index (χ0n) is 11.8. The third-order valence-electron chi connectivity index (χ3n) is 2.98. The Kier molecular flexibility index (Phi) is 4.74. The number of thioether (sulfide) groups is 1. The summed E-state index contributed by atoms with van der Waals surface area (Å²) in [7, 11) is 0. The van der Waals surface area contributed by atoms with Crippen LogP contribution in [-0.4, -0.2) is 22.1 Å². The second kappa shape index (κ2) is 6.52. The number of rotatable bonds is 4. The fourth-order valence-corrected chi connectivity index (χ4v) is 2.16. The maximum atomic E-state index is 12.0. The van der Waals surface area contributed by atoms with Crippen molar-refractivity contribution in [3.8, 4) is 0 Å². The van der Waals surface area contributed by atoms with Crippen molar-refractivity contribution in [2.45, 2.75) is 24.8 Å². The molecule has 0 aliphatic heterocycles. The van der Waals surface area contributed by atoms with Gasteiger partial charge in [-0.15, -0.1) is 11.8 Å². The van der Waals surface area contributed by atoms with Crippen LogP contribution in [0.15, 0.2) is 41.6 Å². The summed E-state index contributed by atoms with van der Waals surface area (Å²) in [5.74, 6) is -0.209. The number of hydrogen-bond acceptors (Lipinski definition) is 4. The molecule has 1 aromatic heterocycles. The smallest absolute Gasteiger partial charge is 0.271 e. The van der Waals surface area contributed by atoms with E-state index in [0.717, 1.165) is 11.3 Å². The van der Waals surface area contributed by atoms with E-state index in [4.69, 9.17) is 0 Å². The molecular formula is C15H17N3OS. The van der Waals surface area contributed by atoms with Gasteiger partial charge in [0.25, 0.3) is 5.91 Å². The molecule has 0 saturated carbocycles. The normalized spacial score (nSPS) is 11.9. The minimum atomic E-state index is -0.209. The number of carbonyl (C=O) groups excluding carboxylic acids is 1. The molecule has 0 aliphatic rings. The van der Waals surface area contributed by atoms with Crippen LogP contribution in [0.4, 0.5) is 0 Å². The molecule has 1 N–H and O–H groups in total. The lowest BCUT2D eigenvalue weighted by Crippen LogP contribution is -2.27. The topological polar surface area (TPSA) is 54.9 Å². The minimum absolute atomic E-state index is 0.0680. The summed E-state index contributed by atoms with van der Waals surface area (Å²) < 4.78 is 0. The largest absolute Gasteiger partial charge is 0.344 e. The molecule has 0 aliphatic carbocycles. The first-order valence-electron chi connectivity index (χ1n) is 6.33. The maximum Gasteiger partial charge on any atom is 0.271 e. The molecule has 1 unspecified atom stereocenters. The van der Waals surface area contributed by atoms with Crippen molar-refractivity contribution < 1.29 is 4.79 Å². The molecule has 1 atom stereocenters. The molecule has 2 aromatic rings. The summed E-state index contributed by atoms with van der Waals surface area (Å²) in [6.45, 7) is 3.79. The Balaban J connectivity index is 2.04. The van der Waals surface area contributed by atoms with Gasteiger partial charge in [0, 0.05) is 11.1 Å². The Morgan fingerprint density at radius 3 is 2.45 bits per heavy atom. The summed E-state index contributed by atoms with van der Waals surface area (Å²) in [5.41, 5.74) is 2.20. The number of aryl methyl sites for hydroxylation is 1. The van der Waals surface area contributed by atoms with E-state index >= 15 is 0 Å². The van der Waals surface area contributed by atoms with Gasteiger partial charge >= 0.3 is 0 Å². The Morgan fingerprint density at radius 2 is 1.90 bits per heavy atom. The molecule has 5 heteroatoms. The van der Waals surface area contributed by atoms with E-state index in [9.17, 15) is 4.79 Å². The lowest BCUT2D eigenvalue weighted by molar-refractivity contribution is 0.0934. The molecular weight excluding hydrogens is 270 g/mol. The van der Waals surface area contributed by atoms with Crippen molar-refractivity contribution in [2.24, 2.45) is 0 Å². The molecule has 1 aromatic carbocycles. The number of aromatic nitrogens is 2. The van der Waals surface area contributed by atoms with Gasteiger partial charge in [-0.05, 0) is 37.8 Å². The Bertz CT molecular complexity index is 581. The van der Waals surface area contributed by atoms with Crippen molar-refractivity contribution in [2.75, 3.05) is 6.26 Å². The molecule has 1 amide bonds. The third-order valence-corrected chi connectivity index (χ3v) is 3.72. The summed E-state index contributed by atoms with van der Waals surface area (Å²) in [5, 5.41) is 2.92. The predicted octanol–water partition coefficient (Wildman–Crippen LogP) is 3.00. The highest BCUT2D eigenvalue weighted by molar-refractivity contribution is 7.98. The zero-order chi connectivity index (χ0) is 14.5. The van der Waals surface area contributed by atoms with E-state index in [1.54, 1.807) is 18.0 Å². The first-order valence-corrected chi connectivity index (χ1v) is 7.56. The molecule has 0 saturated heterocycles. The van der Waals surface area contributed by atoms with E-state index in [-0.39, 0.29) is 11.9 Å². The van der Waals surface area contributed by atoms with E-state index in [1.807, 2.05) is 44.4 Å². The standard InChI is InChI=1S/C15H17N3OS/c1-10-8-17-14(9-16-10)15(19)18-11(2)12-4-6-13(20-3)7-5-12/h4-9,11H,1-3H3,(H,18,19). The SMILES string of the molecule is CSc1ccc(C(C)NC(=O)c2cnc(C)cn2)cc1. The lowest BCUT2D eigenvalue weighted by Gasteiger charge is -2.14. The maximum absolute atomic E-state index is 12.0. The molecule has 0 bridgehead atoms. The number of benzene rings is 1. The van der Waals surface area contributed by atoms with Crippen LogP contribution in [-0.2, 0) is 0 Å². The van der Waals surface area contributed by atoms with Gasteiger partial charge in [0.1, 0.15) is 5.69 Å². The Morgan fingerprint density at radius 1 is 1.20 bits per heavy atom. The fourth-order valence-electron chi connectivity index (χ4n) is 1.76. The van der Waals surface area contributed by atoms with Crippen LogP contribution < -0.4 is 5.32 Å². The van der Waals surface area contributed by atoms with Gasteiger partial charge in [-0.3, -0.25) is 9.78 Å². The van der Waals surface area contributed by atoms with E-state index in [0.29, 0.717) is 5.69 Å². The van der Waals surface area contributed by atoms with Crippen molar-refractivity contribution in [3.05, 3.63) is 53.6 Å². The highest BCUT2D eigenvalue weighted by atomic mass is 32.2. The van der Waals surface area contributed by atoms with E-state index < -0.39 is 0 Å². The Hall–Kier alpha value is -1.88. The number of hydrogen-bond donors (Lipinski definition) is 1. The van der Waals surface area contributed by atoms with Crippen molar-refractivity contribution >= 4 is 17.7 Å². The van der Waals surface area contributed by atoms with Crippen LogP contribution >= 0.6 is 11.8 Å². The lowest BCUT2D eigenvalue weighted by atomic mass is 10.1. The molecule has 4 nitrogen and oxygen atoms in total. The zero-order valence-corrected chi connectivity index (χ0v) is 12.6. The molecule has 104 valence electrons. The molecule has 2 rings (SSSR count). The second-order valence-corrected chi connectivity index (χ2v) is 5.39. The summed E-state index contributed by atoms with van der Waals surface area (Å²) >= 11 is 1.70. The van der Waals surface area contributed by atoms with E-state index in [1.165, 1.54) is 11.1 Å². The van der Waals surface area contributed by atoms with Crippen LogP contribution in [0.3, 0.4) is 0 Å². The molecule has 0 fully saturated rings. The number of nitrogens with zero attached hydrogens (tertiary/aromatic N) is 2. The fraction of sp³-hybridized carbons (Fsp3) is 0.267.